The molecule has 0 spiro atoms. The van der Waals surface area contributed by atoms with Crippen molar-refractivity contribution in [1.29, 1.82) is 0 Å². The van der Waals surface area contributed by atoms with E-state index in [-0.39, 0.29) is 5.91 Å². The number of nitrogens with zero attached hydrogens (tertiary/aromatic N) is 3. The van der Waals surface area contributed by atoms with Crippen molar-refractivity contribution in [1.82, 2.24) is 15.0 Å². The minimum Gasteiger partial charge on any atom is -0.375 e. The van der Waals surface area contributed by atoms with Crippen LogP contribution in [0.1, 0.15) is 54.4 Å². The highest BCUT2D eigenvalue weighted by molar-refractivity contribution is 6.31. The van der Waals surface area contributed by atoms with Crippen LogP contribution in [0.25, 0.3) is 11.4 Å². The second-order valence-corrected chi connectivity index (χ2v) is 8.27. The zero-order chi connectivity index (χ0) is 21.1. The Morgan fingerprint density at radius 3 is 2.60 bits per heavy atom. The molecule has 30 heavy (non-hydrogen) atoms. The summed E-state index contributed by atoms with van der Waals surface area (Å²) in [4.78, 5) is 19.2. The van der Waals surface area contributed by atoms with Crippen LogP contribution in [-0.4, -0.2) is 34.0 Å². The van der Waals surface area contributed by atoms with Gasteiger partial charge in [0.1, 0.15) is 0 Å². The Labute approximate surface area is 181 Å². The maximum Gasteiger partial charge on any atom is 0.255 e. The number of nitrogens with one attached hydrogen (secondary N) is 1. The van der Waals surface area contributed by atoms with Crippen LogP contribution in [0.2, 0.25) is 5.02 Å². The predicted molar refractivity (Wildman–Crippen MR) is 118 cm³/mol. The Hall–Kier alpha value is -2.86. The van der Waals surface area contributed by atoms with E-state index in [0.29, 0.717) is 40.5 Å². The third-order valence-corrected chi connectivity index (χ3v) is 5.57. The summed E-state index contributed by atoms with van der Waals surface area (Å²) in [5.74, 6) is 1.47. The quantitative estimate of drug-likeness (QED) is 0.576. The summed E-state index contributed by atoms with van der Waals surface area (Å²) in [5.41, 5.74) is 3.44. The highest BCUT2D eigenvalue weighted by atomic mass is 35.5. The molecule has 0 radical (unpaired) electrons. The van der Waals surface area contributed by atoms with Crippen molar-refractivity contribution >= 4 is 23.2 Å². The first kappa shape index (κ1) is 20.4. The van der Waals surface area contributed by atoms with Gasteiger partial charge in [0.05, 0.1) is 12.1 Å². The summed E-state index contributed by atoms with van der Waals surface area (Å²) in [7, 11) is 0. The molecule has 0 atom stereocenters. The van der Waals surface area contributed by atoms with E-state index >= 15 is 0 Å². The SMILES string of the molecule is CC(C)c1ccc(-c2noc(CNc3cc(Cl)ccc3C(=O)N3CCCC3)n2)cc1. The predicted octanol–water partition coefficient (Wildman–Crippen LogP) is 5.36. The van der Waals surface area contributed by atoms with Crippen molar-refractivity contribution in [3.63, 3.8) is 0 Å². The van der Waals surface area contributed by atoms with Gasteiger partial charge in [0.2, 0.25) is 11.7 Å². The van der Waals surface area contributed by atoms with E-state index in [1.165, 1.54) is 5.56 Å². The fraction of sp³-hybridized carbons (Fsp3) is 0.348. The summed E-state index contributed by atoms with van der Waals surface area (Å²) < 4.78 is 5.40. The monoisotopic (exact) mass is 424 g/mol. The fourth-order valence-corrected chi connectivity index (χ4v) is 3.74. The first-order valence-corrected chi connectivity index (χ1v) is 10.6. The molecule has 0 bridgehead atoms. The van der Waals surface area contributed by atoms with E-state index in [4.69, 9.17) is 16.1 Å². The van der Waals surface area contributed by atoms with Crippen LogP contribution in [-0.2, 0) is 6.54 Å². The molecule has 2 heterocycles. The van der Waals surface area contributed by atoms with Gasteiger partial charge in [0.15, 0.2) is 0 Å². The summed E-state index contributed by atoms with van der Waals surface area (Å²) >= 11 is 6.17. The van der Waals surface area contributed by atoms with Crippen molar-refractivity contribution in [2.75, 3.05) is 18.4 Å². The van der Waals surface area contributed by atoms with Crippen molar-refractivity contribution in [3.8, 4) is 11.4 Å². The van der Waals surface area contributed by atoms with E-state index in [1.54, 1.807) is 18.2 Å². The molecule has 2 aromatic carbocycles. The minimum absolute atomic E-state index is 0.0168. The lowest BCUT2D eigenvalue weighted by Crippen LogP contribution is -2.28. The maximum atomic E-state index is 12.8. The van der Waals surface area contributed by atoms with Gasteiger partial charge in [-0.05, 0) is 42.5 Å². The molecule has 1 N–H and O–H groups in total. The molecule has 6 nitrogen and oxygen atoms in total. The number of hydrogen-bond donors (Lipinski definition) is 1. The van der Waals surface area contributed by atoms with Crippen molar-refractivity contribution in [2.24, 2.45) is 0 Å². The number of anilines is 1. The van der Waals surface area contributed by atoms with Crippen LogP contribution in [0.4, 0.5) is 5.69 Å². The topological polar surface area (TPSA) is 71.3 Å². The average Bonchev–Trinajstić information content (AvgIpc) is 3.44. The minimum atomic E-state index is 0.0168. The number of aromatic nitrogens is 2. The molecule has 156 valence electrons. The highest BCUT2D eigenvalue weighted by Gasteiger charge is 2.22. The Kier molecular flexibility index (Phi) is 6.04. The number of rotatable bonds is 6. The first-order valence-electron chi connectivity index (χ1n) is 10.3. The van der Waals surface area contributed by atoms with Crippen LogP contribution >= 0.6 is 11.6 Å². The molecule has 3 aromatic rings. The van der Waals surface area contributed by atoms with E-state index < -0.39 is 0 Å². The molecule has 1 amide bonds. The Morgan fingerprint density at radius 2 is 1.90 bits per heavy atom. The molecule has 1 aromatic heterocycles. The van der Waals surface area contributed by atoms with E-state index in [9.17, 15) is 4.79 Å². The molecule has 1 aliphatic rings. The fourth-order valence-electron chi connectivity index (χ4n) is 3.57. The van der Waals surface area contributed by atoms with Gasteiger partial charge in [-0.1, -0.05) is 54.9 Å². The van der Waals surface area contributed by atoms with Crippen molar-refractivity contribution in [3.05, 3.63) is 64.5 Å². The zero-order valence-electron chi connectivity index (χ0n) is 17.2. The molecular formula is C23H25ClN4O2. The molecule has 0 saturated carbocycles. The Morgan fingerprint density at radius 1 is 1.17 bits per heavy atom. The molecular weight excluding hydrogens is 400 g/mol. The van der Waals surface area contributed by atoms with Crippen molar-refractivity contribution < 1.29 is 9.32 Å². The molecule has 1 fully saturated rings. The molecule has 1 saturated heterocycles. The lowest BCUT2D eigenvalue weighted by Gasteiger charge is -2.18. The largest absolute Gasteiger partial charge is 0.375 e. The second-order valence-electron chi connectivity index (χ2n) is 7.83. The number of amides is 1. The maximum absolute atomic E-state index is 12.8. The molecule has 4 rings (SSSR count). The number of benzene rings is 2. The van der Waals surface area contributed by atoms with Gasteiger partial charge in [-0.2, -0.15) is 4.98 Å². The number of carbonyl (C=O) groups excluding carboxylic acids is 1. The number of carbonyl (C=O) groups is 1. The van der Waals surface area contributed by atoms with Crippen molar-refractivity contribution in [2.45, 2.75) is 39.2 Å². The van der Waals surface area contributed by atoms with E-state index in [1.807, 2.05) is 17.0 Å². The zero-order valence-corrected chi connectivity index (χ0v) is 17.9. The number of likely N-dealkylation sites (tertiary alicyclic amines) is 1. The average molecular weight is 425 g/mol. The van der Waals surface area contributed by atoms with Gasteiger partial charge in [0, 0.05) is 29.4 Å². The van der Waals surface area contributed by atoms with Crippen LogP contribution in [0.3, 0.4) is 0 Å². The second kappa shape index (κ2) is 8.88. The lowest BCUT2D eigenvalue weighted by molar-refractivity contribution is 0.0793. The standard InChI is InChI=1S/C23H25ClN4O2/c1-15(2)16-5-7-17(8-6-16)22-26-21(30-27-22)14-25-20-13-18(24)9-10-19(20)23(29)28-11-3-4-12-28/h5-10,13,15,25H,3-4,11-12,14H2,1-2H3. The van der Waals surface area contributed by atoms with Gasteiger partial charge >= 0.3 is 0 Å². The smallest absolute Gasteiger partial charge is 0.255 e. The number of halogens is 1. The lowest BCUT2D eigenvalue weighted by atomic mass is 10.0. The molecule has 0 unspecified atom stereocenters. The van der Waals surface area contributed by atoms with E-state index in [2.05, 4.69) is 41.4 Å². The van der Waals surface area contributed by atoms with Crippen LogP contribution in [0, 0.1) is 0 Å². The normalized spacial score (nSPS) is 13.8. The van der Waals surface area contributed by atoms with Gasteiger partial charge in [-0.3, -0.25) is 4.79 Å². The van der Waals surface area contributed by atoms with Crippen LogP contribution in [0.15, 0.2) is 47.0 Å². The summed E-state index contributed by atoms with van der Waals surface area (Å²) in [6, 6.07) is 13.4. The van der Waals surface area contributed by atoms with E-state index in [0.717, 1.165) is 31.5 Å². The molecule has 0 aliphatic carbocycles. The first-order chi connectivity index (χ1) is 14.5. The van der Waals surface area contributed by atoms with Gasteiger partial charge in [-0.15, -0.1) is 0 Å². The summed E-state index contributed by atoms with van der Waals surface area (Å²) in [5, 5.41) is 7.88. The van der Waals surface area contributed by atoms with Crippen LogP contribution < -0.4 is 5.32 Å². The van der Waals surface area contributed by atoms with Crippen LogP contribution in [0.5, 0.6) is 0 Å². The Bertz CT molecular complexity index is 1020. The summed E-state index contributed by atoms with van der Waals surface area (Å²) in [6.07, 6.45) is 2.09. The highest BCUT2D eigenvalue weighted by Crippen LogP contribution is 2.25. The summed E-state index contributed by atoms with van der Waals surface area (Å²) in [6.45, 7) is 6.21. The molecule has 7 heteroatoms. The van der Waals surface area contributed by atoms with Gasteiger partial charge in [-0.25, -0.2) is 0 Å². The van der Waals surface area contributed by atoms with Gasteiger partial charge in [0.25, 0.3) is 5.91 Å². The Balaban J connectivity index is 1.47. The third kappa shape index (κ3) is 4.49. The molecule has 1 aliphatic heterocycles. The third-order valence-electron chi connectivity index (χ3n) is 5.34. The number of hydrogen-bond acceptors (Lipinski definition) is 5. The van der Waals surface area contributed by atoms with Gasteiger partial charge < -0.3 is 14.7 Å².